The summed E-state index contributed by atoms with van der Waals surface area (Å²) in [6, 6.07) is 6.59. The van der Waals surface area contributed by atoms with E-state index in [0.717, 1.165) is 18.5 Å². The van der Waals surface area contributed by atoms with Crippen LogP contribution >= 0.6 is 0 Å². The number of likely N-dealkylation sites (tertiary alicyclic amines) is 1. The SMILES string of the molecule is CC(Cc1ccc(F)cc1)N1CC(CN)CC1=O. The maximum Gasteiger partial charge on any atom is 0.223 e. The van der Waals surface area contributed by atoms with E-state index in [1.54, 1.807) is 12.1 Å². The first-order valence-electron chi connectivity index (χ1n) is 6.34. The lowest BCUT2D eigenvalue weighted by molar-refractivity contribution is -0.129. The highest BCUT2D eigenvalue weighted by atomic mass is 19.1. The zero-order valence-corrected chi connectivity index (χ0v) is 10.6. The number of carbonyl (C=O) groups is 1. The number of carbonyl (C=O) groups excluding carboxylic acids is 1. The fraction of sp³-hybridized carbons (Fsp3) is 0.500. The Balaban J connectivity index is 1.97. The first-order chi connectivity index (χ1) is 8.60. The van der Waals surface area contributed by atoms with Crippen molar-refractivity contribution in [1.82, 2.24) is 4.90 Å². The predicted octanol–water partition coefficient (Wildman–Crippen LogP) is 1.56. The summed E-state index contributed by atoms with van der Waals surface area (Å²) in [5, 5.41) is 0. The van der Waals surface area contributed by atoms with Crippen LogP contribution in [0, 0.1) is 11.7 Å². The molecule has 1 aromatic carbocycles. The molecule has 4 heteroatoms. The molecule has 3 nitrogen and oxygen atoms in total. The fourth-order valence-corrected chi connectivity index (χ4v) is 2.46. The maximum absolute atomic E-state index is 12.8. The second-order valence-corrected chi connectivity index (χ2v) is 5.03. The first-order valence-corrected chi connectivity index (χ1v) is 6.34. The predicted molar refractivity (Wildman–Crippen MR) is 68.4 cm³/mol. The Morgan fingerprint density at radius 2 is 2.11 bits per heavy atom. The Morgan fingerprint density at radius 1 is 1.44 bits per heavy atom. The average Bonchev–Trinajstić information content (AvgIpc) is 2.73. The second-order valence-electron chi connectivity index (χ2n) is 5.03. The van der Waals surface area contributed by atoms with Crippen molar-refractivity contribution in [3.63, 3.8) is 0 Å². The number of benzene rings is 1. The minimum atomic E-state index is -0.230. The molecule has 0 saturated carbocycles. The quantitative estimate of drug-likeness (QED) is 0.881. The van der Waals surface area contributed by atoms with Gasteiger partial charge in [-0.2, -0.15) is 0 Å². The molecule has 1 aromatic rings. The molecule has 2 unspecified atom stereocenters. The first kappa shape index (κ1) is 13.0. The summed E-state index contributed by atoms with van der Waals surface area (Å²) in [4.78, 5) is 13.7. The number of amides is 1. The summed E-state index contributed by atoms with van der Waals surface area (Å²) in [6.07, 6.45) is 1.31. The van der Waals surface area contributed by atoms with Crippen molar-refractivity contribution in [1.29, 1.82) is 0 Å². The summed E-state index contributed by atoms with van der Waals surface area (Å²) in [6.45, 7) is 3.34. The molecule has 2 atom stereocenters. The lowest BCUT2D eigenvalue weighted by Crippen LogP contribution is -2.36. The van der Waals surface area contributed by atoms with Gasteiger partial charge in [0, 0.05) is 19.0 Å². The number of nitrogens with two attached hydrogens (primary N) is 1. The van der Waals surface area contributed by atoms with E-state index >= 15 is 0 Å². The number of nitrogens with zero attached hydrogens (tertiary/aromatic N) is 1. The van der Waals surface area contributed by atoms with Gasteiger partial charge in [-0.3, -0.25) is 4.79 Å². The third kappa shape index (κ3) is 2.88. The lowest BCUT2D eigenvalue weighted by Gasteiger charge is -2.25. The molecular formula is C14H19FN2O. The van der Waals surface area contributed by atoms with E-state index in [4.69, 9.17) is 5.73 Å². The normalized spacial score (nSPS) is 21.4. The number of rotatable bonds is 4. The van der Waals surface area contributed by atoms with Crippen molar-refractivity contribution in [3.8, 4) is 0 Å². The average molecular weight is 250 g/mol. The van der Waals surface area contributed by atoms with Gasteiger partial charge in [0.25, 0.3) is 0 Å². The second kappa shape index (κ2) is 5.48. The Labute approximate surface area is 107 Å². The van der Waals surface area contributed by atoms with Crippen LogP contribution in [-0.2, 0) is 11.2 Å². The van der Waals surface area contributed by atoms with Crippen LogP contribution in [0.15, 0.2) is 24.3 Å². The van der Waals surface area contributed by atoms with E-state index in [1.165, 1.54) is 12.1 Å². The topological polar surface area (TPSA) is 46.3 Å². The van der Waals surface area contributed by atoms with Crippen LogP contribution in [-0.4, -0.2) is 29.9 Å². The molecule has 1 fully saturated rings. The Hall–Kier alpha value is -1.42. The van der Waals surface area contributed by atoms with Gasteiger partial charge in [0.05, 0.1) is 0 Å². The molecule has 0 spiro atoms. The molecule has 1 aliphatic heterocycles. The highest BCUT2D eigenvalue weighted by Crippen LogP contribution is 2.21. The number of hydrogen-bond acceptors (Lipinski definition) is 2. The summed E-state index contributed by atoms with van der Waals surface area (Å²) in [5.41, 5.74) is 6.66. The molecule has 98 valence electrons. The van der Waals surface area contributed by atoms with Crippen molar-refractivity contribution < 1.29 is 9.18 Å². The molecule has 2 rings (SSSR count). The van der Waals surface area contributed by atoms with Crippen molar-refractivity contribution in [2.45, 2.75) is 25.8 Å². The van der Waals surface area contributed by atoms with Crippen LogP contribution in [0.4, 0.5) is 4.39 Å². The van der Waals surface area contributed by atoms with Crippen LogP contribution < -0.4 is 5.73 Å². The van der Waals surface area contributed by atoms with E-state index in [9.17, 15) is 9.18 Å². The highest BCUT2D eigenvalue weighted by molar-refractivity contribution is 5.79. The van der Waals surface area contributed by atoms with Gasteiger partial charge in [0.2, 0.25) is 5.91 Å². The van der Waals surface area contributed by atoms with E-state index < -0.39 is 0 Å². The van der Waals surface area contributed by atoms with Crippen LogP contribution in [0.5, 0.6) is 0 Å². The van der Waals surface area contributed by atoms with E-state index in [2.05, 4.69) is 0 Å². The van der Waals surface area contributed by atoms with Crippen molar-refractivity contribution in [3.05, 3.63) is 35.6 Å². The van der Waals surface area contributed by atoms with Gasteiger partial charge in [-0.15, -0.1) is 0 Å². The van der Waals surface area contributed by atoms with Crippen LogP contribution in [0.25, 0.3) is 0 Å². The number of halogens is 1. The zero-order chi connectivity index (χ0) is 13.1. The van der Waals surface area contributed by atoms with Gasteiger partial charge in [-0.1, -0.05) is 12.1 Å². The molecule has 1 heterocycles. The van der Waals surface area contributed by atoms with E-state index in [1.807, 2.05) is 11.8 Å². The van der Waals surface area contributed by atoms with Crippen LogP contribution in [0.1, 0.15) is 18.9 Å². The standard InChI is InChI=1S/C14H19FN2O/c1-10(6-11-2-4-13(15)5-3-11)17-9-12(8-16)7-14(17)18/h2-5,10,12H,6-9,16H2,1H3. The Morgan fingerprint density at radius 3 is 2.67 bits per heavy atom. The summed E-state index contributed by atoms with van der Waals surface area (Å²) < 4.78 is 12.8. The smallest absolute Gasteiger partial charge is 0.223 e. The van der Waals surface area contributed by atoms with Crippen LogP contribution in [0.2, 0.25) is 0 Å². The van der Waals surface area contributed by atoms with Crippen LogP contribution in [0.3, 0.4) is 0 Å². The fourth-order valence-electron chi connectivity index (χ4n) is 2.46. The van der Waals surface area contributed by atoms with Crippen molar-refractivity contribution in [2.75, 3.05) is 13.1 Å². The van der Waals surface area contributed by atoms with Gasteiger partial charge >= 0.3 is 0 Å². The molecule has 0 radical (unpaired) electrons. The summed E-state index contributed by atoms with van der Waals surface area (Å²) >= 11 is 0. The largest absolute Gasteiger partial charge is 0.339 e. The molecule has 18 heavy (non-hydrogen) atoms. The minimum absolute atomic E-state index is 0.138. The zero-order valence-electron chi connectivity index (χ0n) is 10.6. The van der Waals surface area contributed by atoms with E-state index in [-0.39, 0.29) is 23.7 Å². The Kier molecular flexibility index (Phi) is 3.97. The van der Waals surface area contributed by atoms with E-state index in [0.29, 0.717) is 13.0 Å². The lowest BCUT2D eigenvalue weighted by atomic mass is 10.1. The van der Waals surface area contributed by atoms with Gasteiger partial charge in [-0.05, 0) is 43.5 Å². The molecule has 0 bridgehead atoms. The Bertz CT molecular complexity index is 418. The molecule has 1 saturated heterocycles. The van der Waals surface area contributed by atoms with Gasteiger partial charge < -0.3 is 10.6 Å². The van der Waals surface area contributed by atoms with Gasteiger partial charge in [0.15, 0.2) is 0 Å². The van der Waals surface area contributed by atoms with Gasteiger partial charge in [0.1, 0.15) is 5.82 Å². The molecule has 0 aromatic heterocycles. The maximum atomic E-state index is 12.8. The molecule has 1 aliphatic rings. The summed E-state index contributed by atoms with van der Waals surface area (Å²) in [7, 11) is 0. The van der Waals surface area contributed by atoms with Crippen molar-refractivity contribution >= 4 is 5.91 Å². The third-order valence-corrected chi connectivity index (χ3v) is 3.55. The highest BCUT2D eigenvalue weighted by Gasteiger charge is 2.31. The summed E-state index contributed by atoms with van der Waals surface area (Å²) in [5.74, 6) is 0.236. The minimum Gasteiger partial charge on any atom is -0.339 e. The van der Waals surface area contributed by atoms with Gasteiger partial charge in [-0.25, -0.2) is 4.39 Å². The third-order valence-electron chi connectivity index (χ3n) is 3.55. The molecular weight excluding hydrogens is 231 g/mol. The molecule has 1 amide bonds. The van der Waals surface area contributed by atoms with Crippen molar-refractivity contribution in [2.24, 2.45) is 11.7 Å². The molecule has 0 aliphatic carbocycles. The monoisotopic (exact) mass is 250 g/mol. The molecule has 2 N–H and O–H groups in total. The number of hydrogen-bond donors (Lipinski definition) is 1.